The van der Waals surface area contributed by atoms with E-state index in [1.807, 2.05) is 25.1 Å². The molecule has 0 atom stereocenters. The fraction of sp³-hybridized carbons (Fsp3) is 0.0769. The molecule has 4 nitrogen and oxygen atoms in total. The largest absolute Gasteiger partial charge is 0.282 e. The van der Waals surface area contributed by atoms with Crippen LogP contribution in [-0.4, -0.2) is 10.9 Å². The molecular weight excluding hydrogens is 250 g/mol. The quantitative estimate of drug-likeness (QED) is 0.660. The molecule has 0 fully saturated rings. The Balaban J connectivity index is 2.03. The van der Waals surface area contributed by atoms with E-state index in [1.54, 1.807) is 24.3 Å². The molecule has 0 radical (unpaired) electrons. The van der Waals surface area contributed by atoms with Crippen molar-refractivity contribution >= 4 is 23.3 Å². The van der Waals surface area contributed by atoms with Gasteiger partial charge < -0.3 is 0 Å². The van der Waals surface area contributed by atoms with E-state index in [0.717, 1.165) is 5.56 Å². The molecule has 18 heavy (non-hydrogen) atoms. The average molecular weight is 262 g/mol. The summed E-state index contributed by atoms with van der Waals surface area (Å²) in [6, 6.07) is 12.5. The van der Waals surface area contributed by atoms with Crippen molar-refractivity contribution in [1.82, 2.24) is 10.4 Å². The van der Waals surface area contributed by atoms with Gasteiger partial charge in [0.05, 0.1) is 0 Å². The summed E-state index contributed by atoms with van der Waals surface area (Å²) in [7, 11) is 0. The summed E-state index contributed by atoms with van der Waals surface area (Å²) in [5, 5.41) is 0.366. The van der Waals surface area contributed by atoms with E-state index >= 15 is 0 Å². The van der Waals surface area contributed by atoms with Crippen LogP contribution in [0.4, 0.5) is 5.82 Å². The minimum absolute atomic E-state index is 0.213. The van der Waals surface area contributed by atoms with Gasteiger partial charge >= 0.3 is 0 Å². The van der Waals surface area contributed by atoms with Crippen LogP contribution >= 0.6 is 11.6 Å². The van der Waals surface area contributed by atoms with Crippen LogP contribution in [-0.2, 0) is 0 Å². The second-order valence-electron chi connectivity index (χ2n) is 3.74. The van der Waals surface area contributed by atoms with Crippen molar-refractivity contribution in [2.45, 2.75) is 6.92 Å². The first kappa shape index (κ1) is 12.4. The van der Waals surface area contributed by atoms with Crippen LogP contribution < -0.4 is 10.9 Å². The lowest BCUT2D eigenvalue weighted by atomic mass is 10.1. The van der Waals surface area contributed by atoms with Crippen LogP contribution in [0.3, 0.4) is 0 Å². The molecule has 1 amide bonds. The zero-order valence-electron chi connectivity index (χ0n) is 9.77. The van der Waals surface area contributed by atoms with Crippen LogP contribution in [0.2, 0.25) is 5.15 Å². The van der Waals surface area contributed by atoms with Gasteiger partial charge in [-0.3, -0.25) is 15.6 Å². The van der Waals surface area contributed by atoms with Gasteiger partial charge in [-0.1, -0.05) is 35.9 Å². The number of nitrogens with zero attached hydrogens (tertiary/aromatic N) is 1. The molecule has 5 heteroatoms. The van der Waals surface area contributed by atoms with E-state index < -0.39 is 0 Å². The molecule has 1 aromatic heterocycles. The minimum Gasteiger partial charge on any atom is -0.282 e. The van der Waals surface area contributed by atoms with Crippen molar-refractivity contribution in [3.05, 3.63) is 58.7 Å². The molecule has 0 bridgehead atoms. The van der Waals surface area contributed by atoms with Crippen molar-refractivity contribution in [2.24, 2.45) is 0 Å². The number of aryl methyl sites for hydroxylation is 1. The maximum atomic E-state index is 11.9. The van der Waals surface area contributed by atoms with Gasteiger partial charge in [0.1, 0.15) is 11.0 Å². The van der Waals surface area contributed by atoms with Crippen molar-refractivity contribution < 1.29 is 4.79 Å². The lowest BCUT2D eigenvalue weighted by Gasteiger charge is -2.09. The minimum atomic E-state index is -0.213. The van der Waals surface area contributed by atoms with Gasteiger partial charge in [-0.2, -0.15) is 0 Å². The van der Waals surface area contributed by atoms with E-state index in [-0.39, 0.29) is 5.91 Å². The summed E-state index contributed by atoms with van der Waals surface area (Å²) < 4.78 is 0. The molecular formula is C13H12ClN3O. The SMILES string of the molecule is Cc1ccccc1C(=O)NNc1cccc(Cl)n1. The monoisotopic (exact) mass is 261 g/mol. The molecule has 0 spiro atoms. The number of benzene rings is 1. The molecule has 92 valence electrons. The van der Waals surface area contributed by atoms with E-state index in [2.05, 4.69) is 15.8 Å². The number of nitrogens with one attached hydrogen (secondary N) is 2. The van der Waals surface area contributed by atoms with Gasteiger partial charge in [0.25, 0.3) is 5.91 Å². The molecule has 0 aliphatic heterocycles. The Kier molecular flexibility index (Phi) is 3.79. The molecule has 0 unspecified atom stereocenters. The van der Waals surface area contributed by atoms with Crippen molar-refractivity contribution in [3.63, 3.8) is 0 Å². The number of hydrazine groups is 1. The first-order chi connectivity index (χ1) is 8.66. The van der Waals surface area contributed by atoms with Gasteiger partial charge in [0.15, 0.2) is 0 Å². The van der Waals surface area contributed by atoms with Crippen LogP contribution in [0.15, 0.2) is 42.5 Å². The molecule has 2 N–H and O–H groups in total. The van der Waals surface area contributed by atoms with Crippen LogP contribution in [0.25, 0.3) is 0 Å². The maximum absolute atomic E-state index is 11.9. The molecule has 1 heterocycles. The summed E-state index contributed by atoms with van der Waals surface area (Å²) in [6.45, 7) is 1.88. The lowest BCUT2D eigenvalue weighted by Crippen LogP contribution is -2.30. The lowest BCUT2D eigenvalue weighted by molar-refractivity contribution is 0.0962. The Bertz CT molecular complexity index is 572. The van der Waals surface area contributed by atoms with Crippen molar-refractivity contribution in [3.8, 4) is 0 Å². The normalized spacial score (nSPS) is 9.89. The van der Waals surface area contributed by atoms with E-state index in [1.165, 1.54) is 0 Å². The van der Waals surface area contributed by atoms with Gasteiger partial charge in [-0.15, -0.1) is 0 Å². The second kappa shape index (κ2) is 5.51. The number of aromatic nitrogens is 1. The number of carbonyl (C=O) groups excluding carboxylic acids is 1. The Morgan fingerprint density at radius 1 is 1.17 bits per heavy atom. The summed E-state index contributed by atoms with van der Waals surface area (Å²) in [4.78, 5) is 15.9. The molecule has 1 aromatic carbocycles. The number of carbonyl (C=O) groups is 1. The number of halogens is 1. The summed E-state index contributed by atoms with van der Waals surface area (Å²) in [6.07, 6.45) is 0. The van der Waals surface area contributed by atoms with Gasteiger partial charge in [-0.25, -0.2) is 4.98 Å². The van der Waals surface area contributed by atoms with Gasteiger partial charge in [-0.05, 0) is 30.7 Å². The standard InChI is InChI=1S/C13H12ClN3O/c1-9-5-2-3-6-10(9)13(18)17-16-12-8-4-7-11(14)15-12/h2-8H,1H3,(H,15,16)(H,17,18). The fourth-order valence-electron chi connectivity index (χ4n) is 1.49. The molecule has 0 aliphatic rings. The molecule has 2 rings (SSSR count). The highest BCUT2D eigenvalue weighted by Crippen LogP contribution is 2.09. The molecule has 0 saturated carbocycles. The van der Waals surface area contributed by atoms with E-state index in [4.69, 9.17) is 11.6 Å². The summed E-state index contributed by atoms with van der Waals surface area (Å²) in [5.74, 6) is 0.277. The highest BCUT2D eigenvalue weighted by molar-refractivity contribution is 6.29. The van der Waals surface area contributed by atoms with Gasteiger partial charge in [0.2, 0.25) is 0 Å². The first-order valence-corrected chi connectivity index (χ1v) is 5.79. The number of rotatable bonds is 3. The molecule has 0 aliphatic carbocycles. The second-order valence-corrected chi connectivity index (χ2v) is 4.13. The highest BCUT2D eigenvalue weighted by Gasteiger charge is 2.07. The zero-order chi connectivity index (χ0) is 13.0. The summed E-state index contributed by atoms with van der Waals surface area (Å²) >= 11 is 5.74. The maximum Gasteiger partial charge on any atom is 0.269 e. The highest BCUT2D eigenvalue weighted by atomic mass is 35.5. The van der Waals surface area contributed by atoms with Crippen LogP contribution in [0, 0.1) is 6.92 Å². The number of hydrogen-bond donors (Lipinski definition) is 2. The average Bonchev–Trinajstić information content (AvgIpc) is 2.37. The smallest absolute Gasteiger partial charge is 0.269 e. The fourth-order valence-corrected chi connectivity index (χ4v) is 1.66. The third-order valence-electron chi connectivity index (χ3n) is 2.41. The van der Waals surface area contributed by atoms with Gasteiger partial charge in [0, 0.05) is 5.56 Å². The van der Waals surface area contributed by atoms with E-state index in [9.17, 15) is 4.79 Å². The van der Waals surface area contributed by atoms with Crippen LogP contribution in [0.1, 0.15) is 15.9 Å². The number of pyridine rings is 1. The molecule has 0 saturated heterocycles. The predicted octanol–water partition coefficient (Wildman–Crippen LogP) is 2.80. The van der Waals surface area contributed by atoms with Crippen molar-refractivity contribution in [2.75, 3.05) is 5.43 Å². The molecule has 2 aromatic rings. The predicted molar refractivity (Wildman–Crippen MR) is 71.5 cm³/mol. The third kappa shape index (κ3) is 2.99. The Morgan fingerprint density at radius 3 is 2.67 bits per heavy atom. The first-order valence-electron chi connectivity index (χ1n) is 5.41. The topological polar surface area (TPSA) is 54.0 Å². The Morgan fingerprint density at radius 2 is 1.94 bits per heavy atom. The zero-order valence-corrected chi connectivity index (χ0v) is 10.5. The third-order valence-corrected chi connectivity index (χ3v) is 2.62. The number of anilines is 1. The number of hydrogen-bond acceptors (Lipinski definition) is 3. The Labute approximate surface area is 110 Å². The van der Waals surface area contributed by atoms with Crippen molar-refractivity contribution in [1.29, 1.82) is 0 Å². The Hall–Kier alpha value is -2.07. The summed E-state index contributed by atoms with van der Waals surface area (Å²) in [5.41, 5.74) is 6.82. The van der Waals surface area contributed by atoms with E-state index in [0.29, 0.717) is 16.5 Å². The number of amides is 1. The van der Waals surface area contributed by atoms with Crippen LogP contribution in [0.5, 0.6) is 0 Å².